The van der Waals surface area contributed by atoms with E-state index in [4.69, 9.17) is 10.00 Å². The second-order valence-electron chi connectivity index (χ2n) is 8.13. The Morgan fingerprint density at radius 1 is 0.971 bits per heavy atom. The van der Waals surface area contributed by atoms with E-state index in [0.717, 1.165) is 11.7 Å². The van der Waals surface area contributed by atoms with Crippen molar-refractivity contribution in [3.05, 3.63) is 94.6 Å². The van der Waals surface area contributed by atoms with Crippen LogP contribution in [0.15, 0.2) is 72.3 Å². The number of carbonyl (C=O) groups is 2. The van der Waals surface area contributed by atoms with Gasteiger partial charge >= 0.3 is 5.97 Å². The highest BCUT2D eigenvalue weighted by atomic mass is 32.1. The van der Waals surface area contributed by atoms with Gasteiger partial charge in [0, 0.05) is 17.6 Å². The number of aliphatic carboxylic acids is 1. The average Bonchev–Trinajstić information content (AvgIpc) is 3.31. The Morgan fingerprint density at radius 2 is 1.63 bits per heavy atom. The molecule has 7 nitrogen and oxygen atoms in total. The molecule has 8 heteroatoms. The number of ketones is 1. The lowest BCUT2D eigenvalue weighted by Gasteiger charge is -2.14. The van der Waals surface area contributed by atoms with Crippen LogP contribution < -0.4 is 4.74 Å². The Bertz CT molecular complexity index is 1460. The minimum absolute atomic E-state index is 0.0166. The van der Waals surface area contributed by atoms with Crippen LogP contribution in [0.3, 0.4) is 0 Å². The molecule has 0 aliphatic carbocycles. The summed E-state index contributed by atoms with van der Waals surface area (Å²) in [5, 5.41) is 19.3. The summed E-state index contributed by atoms with van der Waals surface area (Å²) < 4.78 is 14.0. The van der Waals surface area contributed by atoms with Gasteiger partial charge in [-0.1, -0.05) is 18.2 Å². The third-order valence-electron chi connectivity index (χ3n) is 5.28. The number of allylic oxidation sites excluding steroid dienone is 1. The average molecular weight is 484 g/mol. The van der Waals surface area contributed by atoms with E-state index in [0.29, 0.717) is 39.0 Å². The van der Waals surface area contributed by atoms with Crippen LogP contribution in [0.2, 0.25) is 0 Å². The van der Waals surface area contributed by atoms with Gasteiger partial charge < -0.3 is 9.84 Å². The minimum Gasteiger partial charge on any atom is -0.491 e. The lowest BCUT2D eigenvalue weighted by atomic mass is 9.89. The molecule has 4 aromatic rings. The van der Waals surface area contributed by atoms with Crippen LogP contribution in [0, 0.1) is 11.3 Å². The van der Waals surface area contributed by atoms with E-state index in [1.165, 1.54) is 0 Å². The Kier molecular flexibility index (Phi) is 6.99. The molecule has 4 rings (SSSR count). The fourth-order valence-electron chi connectivity index (χ4n) is 3.68. The number of benzene rings is 3. The number of carboxylic acid groups (broad SMARTS) is 1. The van der Waals surface area contributed by atoms with Crippen molar-refractivity contribution in [3.63, 3.8) is 0 Å². The largest absolute Gasteiger partial charge is 0.491 e. The number of nitriles is 1. The van der Waals surface area contributed by atoms with Gasteiger partial charge in [0.05, 0.1) is 35.0 Å². The van der Waals surface area contributed by atoms with Crippen molar-refractivity contribution < 1.29 is 19.4 Å². The molecule has 0 amide bonds. The standard InChI is InChI=1S/C27H21N3O4S/c1-16(2)34-21-10-7-19(8-11-21)26(31)22(13-17-3-5-18(15-28)6-4-17)25(27(32)33)20-9-12-23-24(14-20)30-35-29-23/h3-12,14,16H,13H2,1-2H3,(H,32,33)/b25-22+. The van der Waals surface area contributed by atoms with Crippen molar-refractivity contribution in [3.8, 4) is 11.8 Å². The highest BCUT2D eigenvalue weighted by Crippen LogP contribution is 2.28. The van der Waals surface area contributed by atoms with Gasteiger partial charge in [-0.25, -0.2) is 4.79 Å². The summed E-state index contributed by atoms with van der Waals surface area (Å²) in [5.74, 6) is -1.00. The molecule has 0 bridgehead atoms. The molecule has 0 fully saturated rings. The Morgan fingerprint density at radius 3 is 2.26 bits per heavy atom. The molecule has 0 saturated heterocycles. The van der Waals surface area contributed by atoms with Crippen molar-refractivity contribution >= 4 is 40.1 Å². The van der Waals surface area contributed by atoms with E-state index in [-0.39, 0.29) is 23.7 Å². The van der Waals surface area contributed by atoms with Crippen LogP contribution in [0.25, 0.3) is 16.6 Å². The summed E-state index contributed by atoms with van der Waals surface area (Å²) in [7, 11) is 0. The van der Waals surface area contributed by atoms with E-state index in [1.807, 2.05) is 13.8 Å². The molecule has 1 heterocycles. The summed E-state index contributed by atoms with van der Waals surface area (Å²) in [6.45, 7) is 3.82. The molecule has 0 unspecified atom stereocenters. The van der Waals surface area contributed by atoms with Crippen LogP contribution in [0.1, 0.15) is 40.9 Å². The molecule has 3 aromatic carbocycles. The first-order valence-corrected chi connectivity index (χ1v) is 11.6. The van der Waals surface area contributed by atoms with E-state index >= 15 is 0 Å². The summed E-state index contributed by atoms with van der Waals surface area (Å²) >= 11 is 1.04. The second kappa shape index (κ2) is 10.3. The fourth-order valence-corrected chi connectivity index (χ4v) is 4.20. The molecule has 174 valence electrons. The van der Waals surface area contributed by atoms with Gasteiger partial charge in [-0.3, -0.25) is 4.79 Å². The lowest BCUT2D eigenvalue weighted by Crippen LogP contribution is -2.14. The molecule has 0 radical (unpaired) electrons. The quantitative estimate of drug-likeness (QED) is 0.267. The van der Waals surface area contributed by atoms with E-state index in [9.17, 15) is 14.7 Å². The van der Waals surface area contributed by atoms with Crippen molar-refractivity contribution in [2.75, 3.05) is 0 Å². The molecule has 35 heavy (non-hydrogen) atoms. The number of hydrogen-bond donors (Lipinski definition) is 1. The molecular weight excluding hydrogens is 462 g/mol. The summed E-state index contributed by atoms with van der Waals surface area (Å²) in [6.07, 6.45) is 0.0566. The van der Waals surface area contributed by atoms with Crippen molar-refractivity contribution in [2.45, 2.75) is 26.4 Å². The van der Waals surface area contributed by atoms with Gasteiger partial charge in [-0.05, 0) is 73.5 Å². The third kappa shape index (κ3) is 5.42. The van der Waals surface area contributed by atoms with Crippen LogP contribution in [0.5, 0.6) is 5.75 Å². The predicted molar refractivity (Wildman–Crippen MR) is 133 cm³/mol. The number of fused-ring (bicyclic) bond motifs is 1. The lowest BCUT2D eigenvalue weighted by molar-refractivity contribution is -0.130. The smallest absolute Gasteiger partial charge is 0.336 e. The van der Waals surface area contributed by atoms with E-state index in [2.05, 4.69) is 14.8 Å². The normalized spacial score (nSPS) is 11.7. The zero-order chi connectivity index (χ0) is 24.9. The highest BCUT2D eigenvalue weighted by molar-refractivity contribution is 7.00. The first kappa shape index (κ1) is 23.8. The first-order valence-electron chi connectivity index (χ1n) is 10.9. The van der Waals surface area contributed by atoms with Gasteiger partial charge in [0.1, 0.15) is 16.8 Å². The maximum Gasteiger partial charge on any atom is 0.336 e. The van der Waals surface area contributed by atoms with Crippen molar-refractivity contribution in [2.24, 2.45) is 0 Å². The summed E-state index contributed by atoms with van der Waals surface area (Å²) in [5.41, 5.74) is 3.15. The van der Waals surface area contributed by atoms with Gasteiger partial charge in [-0.2, -0.15) is 14.0 Å². The number of aromatic nitrogens is 2. The maximum absolute atomic E-state index is 13.7. The van der Waals surface area contributed by atoms with Crippen molar-refractivity contribution in [1.82, 2.24) is 8.75 Å². The van der Waals surface area contributed by atoms with Crippen LogP contribution in [0.4, 0.5) is 0 Å². The van der Waals surface area contributed by atoms with E-state index < -0.39 is 11.8 Å². The Balaban J connectivity index is 1.84. The number of nitrogens with zero attached hydrogens (tertiary/aromatic N) is 3. The monoisotopic (exact) mass is 483 g/mol. The number of carbonyl (C=O) groups excluding carboxylic acids is 1. The second-order valence-corrected chi connectivity index (χ2v) is 8.66. The molecular formula is C27H21N3O4S. The molecule has 0 aliphatic rings. The minimum atomic E-state index is -1.22. The first-order chi connectivity index (χ1) is 16.9. The van der Waals surface area contributed by atoms with E-state index in [1.54, 1.807) is 66.7 Å². The van der Waals surface area contributed by atoms with Crippen molar-refractivity contribution in [1.29, 1.82) is 5.26 Å². The van der Waals surface area contributed by atoms with Crippen LogP contribution in [-0.2, 0) is 11.2 Å². The summed E-state index contributed by atoms with van der Waals surface area (Å²) in [4.78, 5) is 26.2. The van der Waals surface area contributed by atoms with Gasteiger partial charge in [0.2, 0.25) is 0 Å². The number of hydrogen-bond acceptors (Lipinski definition) is 7. The number of carboxylic acids is 1. The predicted octanol–water partition coefficient (Wildman–Crippen LogP) is 5.31. The topological polar surface area (TPSA) is 113 Å². The van der Waals surface area contributed by atoms with Gasteiger partial charge in [0.15, 0.2) is 5.78 Å². The number of ether oxygens (including phenoxy) is 1. The van der Waals surface area contributed by atoms with Gasteiger partial charge in [0.25, 0.3) is 0 Å². The Labute approximate surface area is 206 Å². The highest BCUT2D eigenvalue weighted by Gasteiger charge is 2.24. The zero-order valence-electron chi connectivity index (χ0n) is 19.1. The van der Waals surface area contributed by atoms with Gasteiger partial charge in [-0.15, -0.1) is 0 Å². The molecule has 1 aromatic heterocycles. The van der Waals surface area contributed by atoms with Crippen LogP contribution >= 0.6 is 11.7 Å². The fraction of sp³-hybridized carbons (Fsp3) is 0.148. The number of Topliss-reactive ketones (excluding diaryl/α,β-unsaturated/α-hetero) is 1. The number of rotatable bonds is 8. The Hall–Kier alpha value is -4.35. The maximum atomic E-state index is 13.7. The molecule has 1 N–H and O–H groups in total. The molecule has 0 saturated carbocycles. The molecule has 0 aliphatic heterocycles. The third-order valence-corrected chi connectivity index (χ3v) is 5.84. The van der Waals surface area contributed by atoms with Crippen LogP contribution in [-0.4, -0.2) is 31.7 Å². The molecule has 0 atom stereocenters. The SMILES string of the molecule is CC(C)Oc1ccc(C(=O)/C(Cc2ccc(C#N)cc2)=C(/C(=O)O)c2ccc3nsnc3c2)cc1. The summed E-state index contributed by atoms with van der Waals surface area (Å²) in [6, 6.07) is 20.4. The zero-order valence-corrected chi connectivity index (χ0v) is 19.9. The molecule has 0 spiro atoms.